The van der Waals surface area contributed by atoms with E-state index < -0.39 is 0 Å². The lowest BCUT2D eigenvalue weighted by Crippen LogP contribution is -2.07. The highest BCUT2D eigenvalue weighted by Crippen LogP contribution is 2.06. The topological polar surface area (TPSA) is 64.9 Å². The van der Waals surface area contributed by atoms with Crippen molar-refractivity contribution >= 4 is 43.0 Å². The lowest BCUT2D eigenvalue weighted by Gasteiger charge is -2.03. The molecule has 1 unspecified atom stereocenters. The number of halogens is 3. The van der Waals surface area contributed by atoms with Gasteiger partial charge in [-0.25, -0.2) is 4.98 Å². The number of hydrogen-bond acceptors (Lipinski definition) is 3. The minimum absolute atomic E-state index is 0. The van der Waals surface area contributed by atoms with E-state index in [2.05, 4.69) is 4.98 Å². The second kappa shape index (κ2) is 8.38. The lowest BCUT2D eigenvalue weighted by molar-refractivity contribution is 0.783. The van der Waals surface area contributed by atoms with Crippen molar-refractivity contribution in [3.63, 3.8) is 0 Å². The van der Waals surface area contributed by atoms with Gasteiger partial charge in [0.1, 0.15) is 5.82 Å². The van der Waals surface area contributed by atoms with Crippen LogP contribution in [0.1, 0.15) is 18.7 Å². The zero-order valence-electron chi connectivity index (χ0n) is 7.14. The molecule has 78 valence electrons. The lowest BCUT2D eigenvalue weighted by atomic mass is 10.2. The summed E-state index contributed by atoms with van der Waals surface area (Å²) in [5.74, 6) is 0.523. The maximum atomic E-state index is 5.56. The molecule has 1 aromatic rings. The fourth-order valence-electron chi connectivity index (χ4n) is 0.722. The predicted octanol–water partition coefficient (Wildman–Crippen LogP) is 1.95. The van der Waals surface area contributed by atoms with Gasteiger partial charge in [-0.05, 0) is 19.1 Å². The van der Waals surface area contributed by atoms with Crippen molar-refractivity contribution < 1.29 is 0 Å². The van der Waals surface area contributed by atoms with E-state index >= 15 is 0 Å². The summed E-state index contributed by atoms with van der Waals surface area (Å²) in [6.45, 7) is 1.88. The highest BCUT2D eigenvalue weighted by Gasteiger charge is 1.98. The van der Waals surface area contributed by atoms with E-state index in [0.717, 1.165) is 5.69 Å². The van der Waals surface area contributed by atoms with Gasteiger partial charge in [-0.1, -0.05) is 6.07 Å². The van der Waals surface area contributed by atoms with Crippen LogP contribution in [0.3, 0.4) is 0 Å². The SMILES string of the molecule is CC(N)c1cccc(N)n1.Cl.Cl.Cl. The second-order valence-electron chi connectivity index (χ2n) is 2.28. The number of hydrogen-bond donors (Lipinski definition) is 2. The number of nitrogen functional groups attached to an aromatic ring is 1. The summed E-state index contributed by atoms with van der Waals surface area (Å²) in [5, 5.41) is 0. The molecular weight excluding hydrogens is 232 g/mol. The molecule has 0 amide bonds. The van der Waals surface area contributed by atoms with E-state index in [1.165, 1.54) is 0 Å². The van der Waals surface area contributed by atoms with Gasteiger partial charge in [-0.15, -0.1) is 37.2 Å². The van der Waals surface area contributed by atoms with Gasteiger partial charge in [-0.2, -0.15) is 0 Å². The minimum atomic E-state index is -0.0384. The average molecular weight is 247 g/mol. The van der Waals surface area contributed by atoms with Crippen LogP contribution < -0.4 is 11.5 Å². The summed E-state index contributed by atoms with van der Waals surface area (Å²) in [4.78, 5) is 4.03. The van der Waals surface area contributed by atoms with E-state index in [1.807, 2.05) is 19.1 Å². The zero-order valence-corrected chi connectivity index (χ0v) is 9.59. The summed E-state index contributed by atoms with van der Waals surface area (Å²) in [7, 11) is 0. The van der Waals surface area contributed by atoms with Gasteiger partial charge in [0.25, 0.3) is 0 Å². The van der Waals surface area contributed by atoms with Crippen molar-refractivity contribution in [3.05, 3.63) is 23.9 Å². The summed E-state index contributed by atoms with van der Waals surface area (Å²) >= 11 is 0. The van der Waals surface area contributed by atoms with E-state index in [1.54, 1.807) is 6.07 Å². The van der Waals surface area contributed by atoms with Gasteiger partial charge in [0.15, 0.2) is 0 Å². The smallest absolute Gasteiger partial charge is 0.123 e. The van der Waals surface area contributed by atoms with Gasteiger partial charge >= 0.3 is 0 Å². The van der Waals surface area contributed by atoms with Gasteiger partial charge < -0.3 is 11.5 Å². The number of pyridine rings is 1. The summed E-state index contributed by atoms with van der Waals surface area (Å²) in [6, 6.07) is 5.41. The van der Waals surface area contributed by atoms with Crippen LogP contribution in [0.4, 0.5) is 5.82 Å². The first-order valence-corrected chi connectivity index (χ1v) is 3.18. The van der Waals surface area contributed by atoms with Gasteiger partial charge in [0.2, 0.25) is 0 Å². The van der Waals surface area contributed by atoms with Crippen LogP contribution in [-0.2, 0) is 0 Å². The Balaban J connectivity index is -0.000000333. The van der Waals surface area contributed by atoms with Crippen LogP contribution in [0.5, 0.6) is 0 Å². The van der Waals surface area contributed by atoms with Crippen molar-refractivity contribution in [2.45, 2.75) is 13.0 Å². The largest absolute Gasteiger partial charge is 0.384 e. The Hall–Kier alpha value is -0.220. The molecule has 0 aliphatic rings. The molecule has 3 nitrogen and oxygen atoms in total. The molecule has 0 spiro atoms. The number of nitrogens with zero attached hydrogens (tertiary/aromatic N) is 1. The molecule has 0 saturated heterocycles. The third-order valence-electron chi connectivity index (χ3n) is 1.26. The van der Waals surface area contributed by atoms with Crippen LogP contribution in [0.2, 0.25) is 0 Å². The first-order valence-electron chi connectivity index (χ1n) is 3.18. The Morgan fingerprint density at radius 2 is 1.77 bits per heavy atom. The molecule has 4 N–H and O–H groups in total. The Labute approximate surface area is 96.5 Å². The Kier molecular flexibility index (Phi) is 12.0. The molecule has 0 fully saturated rings. The van der Waals surface area contributed by atoms with Crippen molar-refractivity contribution in [2.75, 3.05) is 5.73 Å². The highest BCUT2D eigenvalue weighted by atomic mass is 35.5. The van der Waals surface area contributed by atoms with Crippen molar-refractivity contribution in [1.82, 2.24) is 4.98 Å². The Morgan fingerprint density at radius 1 is 1.23 bits per heavy atom. The number of nitrogens with two attached hydrogens (primary N) is 2. The maximum absolute atomic E-state index is 5.56. The molecule has 0 aromatic carbocycles. The molecule has 1 heterocycles. The predicted molar refractivity (Wildman–Crippen MR) is 63.0 cm³/mol. The zero-order chi connectivity index (χ0) is 7.56. The van der Waals surface area contributed by atoms with E-state index in [0.29, 0.717) is 5.82 Å². The summed E-state index contributed by atoms with van der Waals surface area (Å²) in [5.41, 5.74) is 11.8. The van der Waals surface area contributed by atoms with Gasteiger partial charge in [0, 0.05) is 6.04 Å². The molecule has 1 aromatic heterocycles. The third kappa shape index (κ3) is 5.93. The average Bonchev–Trinajstić information content (AvgIpc) is 1.88. The van der Waals surface area contributed by atoms with E-state index in [9.17, 15) is 0 Å². The van der Waals surface area contributed by atoms with Gasteiger partial charge in [-0.3, -0.25) is 0 Å². The second-order valence-corrected chi connectivity index (χ2v) is 2.28. The van der Waals surface area contributed by atoms with Crippen molar-refractivity contribution in [1.29, 1.82) is 0 Å². The fraction of sp³-hybridized carbons (Fsp3) is 0.286. The number of rotatable bonds is 1. The van der Waals surface area contributed by atoms with Crippen LogP contribution in [-0.4, -0.2) is 4.98 Å². The van der Waals surface area contributed by atoms with Crippen LogP contribution in [0.25, 0.3) is 0 Å². The van der Waals surface area contributed by atoms with Crippen LogP contribution in [0, 0.1) is 0 Å². The molecule has 6 heteroatoms. The fourth-order valence-corrected chi connectivity index (χ4v) is 0.722. The summed E-state index contributed by atoms with van der Waals surface area (Å²) < 4.78 is 0. The third-order valence-corrected chi connectivity index (χ3v) is 1.26. The Bertz CT molecular complexity index is 230. The van der Waals surface area contributed by atoms with E-state index in [4.69, 9.17) is 11.5 Å². The monoisotopic (exact) mass is 245 g/mol. The molecular formula is C7H14Cl3N3. The highest BCUT2D eigenvalue weighted by molar-refractivity contribution is 5.86. The quantitative estimate of drug-likeness (QED) is 0.796. The Morgan fingerprint density at radius 3 is 2.08 bits per heavy atom. The van der Waals surface area contributed by atoms with Crippen molar-refractivity contribution in [3.8, 4) is 0 Å². The standard InChI is InChI=1S/C7H11N3.3ClH/c1-5(8)6-3-2-4-7(9)10-6;;;/h2-5H,8H2,1H3,(H2,9,10);3*1H. The first kappa shape index (κ1) is 18.5. The maximum Gasteiger partial charge on any atom is 0.123 e. The van der Waals surface area contributed by atoms with Crippen LogP contribution in [0.15, 0.2) is 18.2 Å². The van der Waals surface area contributed by atoms with Crippen LogP contribution >= 0.6 is 37.2 Å². The molecule has 0 aliphatic heterocycles. The molecule has 0 aliphatic carbocycles. The summed E-state index contributed by atoms with van der Waals surface area (Å²) in [6.07, 6.45) is 0. The minimum Gasteiger partial charge on any atom is -0.384 e. The number of anilines is 1. The van der Waals surface area contributed by atoms with Crippen molar-refractivity contribution in [2.24, 2.45) is 5.73 Å². The molecule has 0 bridgehead atoms. The molecule has 1 rings (SSSR count). The first-order chi connectivity index (χ1) is 4.70. The normalized spacial score (nSPS) is 10.0. The molecule has 13 heavy (non-hydrogen) atoms. The van der Waals surface area contributed by atoms with Gasteiger partial charge in [0.05, 0.1) is 5.69 Å². The van der Waals surface area contributed by atoms with E-state index in [-0.39, 0.29) is 43.3 Å². The number of aromatic nitrogens is 1. The molecule has 0 saturated carbocycles. The molecule has 0 radical (unpaired) electrons. The molecule has 1 atom stereocenters.